The Labute approximate surface area is 86.1 Å². The van der Waals surface area contributed by atoms with Gasteiger partial charge in [0.05, 0.1) is 15.6 Å². The van der Waals surface area contributed by atoms with Gasteiger partial charge in [0.25, 0.3) is 0 Å². The lowest BCUT2D eigenvalue weighted by atomic mass is 10.1. The molecule has 0 aliphatic rings. The molecule has 0 saturated carbocycles. The van der Waals surface area contributed by atoms with E-state index in [0.29, 0.717) is 12.0 Å². The van der Waals surface area contributed by atoms with Gasteiger partial charge in [0, 0.05) is 0 Å². The zero-order valence-electron chi connectivity index (χ0n) is 6.97. The Morgan fingerprint density at radius 3 is 2.54 bits per heavy atom. The third kappa shape index (κ3) is 1.95. The van der Waals surface area contributed by atoms with Gasteiger partial charge < -0.3 is 5.11 Å². The summed E-state index contributed by atoms with van der Waals surface area (Å²) in [5.41, 5.74) is 0.804. The molecule has 0 unspecified atom stereocenters. The van der Waals surface area contributed by atoms with Crippen LogP contribution in [0, 0.1) is 0 Å². The van der Waals surface area contributed by atoms with Crippen LogP contribution in [0.1, 0.15) is 22.8 Å². The molecule has 0 heterocycles. The van der Waals surface area contributed by atoms with Crippen molar-refractivity contribution in [2.24, 2.45) is 0 Å². The average Bonchev–Trinajstić information content (AvgIpc) is 2.08. The second-order valence-electron chi connectivity index (χ2n) is 2.55. The summed E-state index contributed by atoms with van der Waals surface area (Å²) in [5.74, 6) is -1.04. The molecule has 4 heteroatoms. The lowest BCUT2D eigenvalue weighted by Crippen LogP contribution is -2.03. The highest BCUT2D eigenvalue weighted by molar-refractivity contribution is 6.43. The molecule has 1 aromatic carbocycles. The van der Waals surface area contributed by atoms with E-state index in [1.807, 2.05) is 6.92 Å². The Balaban J connectivity index is 3.41. The van der Waals surface area contributed by atoms with E-state index in [0.717, 1.165) is 0 Å². The first-order valence-electron chi connectivity index (χ1n) is 3.78. The maximum absolute atomic E-state index is 10.8. The smallest absolute Gasteiger partial charge is 0.337 e. The highest BCUT2D eigenvalue weighted by atomic mass is 35.5. The van der Waals surface area contributed by atoms with Gasteiger partial charge in [0.2, 0.25) is 0 Å². The first kappa shape index (κ1) is 10.4. The quantitative estimate of drug-likeness (QED) is 0.828. The van der Waals surface area contributed by atoms with Crippen LogP contribution in [0.3, 0.4) is 0 Å². The van der Waals surface area contributed by atoms with Crippen molar-refractivity contribution < 1.29 is 9.90 Å². The van der Waals surface area contributed by atoms with Crippen LogP contribution in [0.2, 0.25) is 10.0 Å². The van der Waals surface area contributed by atoms with Crippen molar-refractivity contribution in [1.82, 2.24) is 0 Å². The number of hydrogen-bond acceptors (Lipinski definition) is 1. The second kappa shape index (κ2) is 3.99. The summed E-state index contributed by atoms with van der Waals surface area (Å²) in [6.07, 6.45) is 0.624. The van der Waals surface area contributed by atoms with Crippen LogP contribution in [0.15, 0.2) is 12.1 Å². The zero-order chi connectivity index (χ0) is 10.0. The molecule has 1 aromatic rings. The molecule has 1 N–H and O–H groups in total. The van der Waals surface area contributed by atoms with Gasteiger partial charge in [-0.05, 0) is 18.1 Å². The summed E-state index contributed by atoms with van der Waals surface area (Å²) >= 11 is 11.5. The molecule has 0 aliphatic carbocycles. The molecule has 2 nitrogen and oxygen atoms in total. The summed E-state index contributed by atoms with van der Waals surface area (Å²) in [7, 11) is 0. The van der Waals surface area contributed by atoms with E-state index in [2.05, 4.69) is 0 Å². The molecule has 0 atom stereocenters. The number of rotatable bonds is 2. The number of hydrogen-bond donors (Lipinski definition) is 1. The van der Waals surface area contributed by atoms with Crippen molar-refractivity contribution in [3.8, 4) is 0 Å². The van der Waals surface area contributed by atoms with Gasteiger partial charge in [-0.1, -0.05) is 36.2 Å². The number of benzene rings is 1. The second-order valence-corrected chi connectivity index (χ2v) is 3.34. The molecule has 70 valence electrons. The molecule has 0 saturated heterocycles. The maximum Gasteiger partial charge on any atom is 0.337 e. The molecule has 13 heavy (non-hydrogen) atoms. The molecule has 0 fully saturated rings. The predicted octanol–water partition coefficient (Wildman–Crippen LogP) is 3.25. The van der Waals surface area contributed by atoms with E-state index < -0.39 is 5.97 Å². The lowest BCUT2D eigenvalue weighted by molar-refractivity contribution is 0.0696. The first-order chi connectivity index (χ1) is 6.07. The summed E-state index contributed by atoms with van der Waals surface area (Å²) < 4.78 is 0. The van der Waals surface area contributed by atoms with E-state index in [4.69, 9.17) is 28.3 Å². The van der Waals surface area contributed by atoms with Gasteiger partial charge in [0.1, 0.15) is 0 Å². The summed E-state index contributed by atoms with van der Waals surface area (Å²) in [6, 6.07) is 3.28. The Morgan fingerprint density at radius 1 is 1.46 bits per heavy atom. The molecule has 0 aliphatic heterocycles. The fraction of sp³-hybridized carbons (Fsp3) is 0.222. The predicted molar refractivity (Wildman–Crippen MR) is 52.8 cm³/mol. The van der Waals surface area contributed by atoms with Crippen molar-refractivity contribution in [3.05, 3.63) is 33.3 Å². The Bertz CT molecular complexity index is 348. The monoisotopic (exact) mass is 218 g/mol. The van der Waals surface area contributed by atoms with Crippen molar-refractivity contribution in [2.45, 2.75) is 13.3 Å². The summed E-state index contributed by atoms with van der Waals surface area (Å²) in [6.45, 7) is 1.87. The van der Waals surface area contributed by atoms with Crippen LogP contribution < -0.4 is 0 Å². The highest BCUT2D eigenvalue weighted by Gasteiger charge is 2.15. The van der Waals surface area contributed by atoms with Gasteiger partial charge in [-0.2, -0.15) is 0 Å². The highest BCUT2D eigenvalue weighted by Crippen LogP contribution is 2.28. The summed E-state index contributed by atoms with van der Waals surface area (Å²) in [4.78, 5) is 10.8. The molecular weight excluding hydrogens is 211 g/mol. The fourth-order valence-corrected chi connectivity index (χ4v) is 1.54. The largest absolute Gasteiger partial charge is 0.478 e. The van der Waals surface area contributed by atoms with Crippen LogP contribution >= 0.6 is 23.2 Å². The van der Waals surface area contributed by atoms with E-state index in [9.17, 15) is 4.79 Å². The van der Waals surface area contributed by atoms with Crippen LogP contribution in [-0.2, 0) is 6.42 Å². The number of carboxylic acid groups (broad SMARTS) is 1. The standard InChI is InChI=1S/C9H8Cl2O2/c1-2-5-3-4-6(10)8(11)7(5)9(12)13/h3-4H,2H2,1H3,(H,12,13). The minimum absolute atomic E-state index is 0.108. The van der Waals surface area contributed by atoms with Crippen molar-refractivity contribution in [1.29, 1.82) is 0 Å². The lowest BCUT2D eigenvalue weighted by Gasteiger charge is -2.06. The third-order valence-electron chi connectivity index (χ3n) is 1.78. The van der Waals surface area contributed by atoms with Crippen LogP contribution in [-0.4, -0.2) is 11.1 Å². The van der Waals surface area contributed by atoms with Crippen LogP contribution in [0.4, 0.5) is 0 Å². The Morgan fingerprint density at radius 2 is 2.08 bits per heavy atom. The molecule has 0 aromatic heterocycles. The minimum Gasteiger partial charge on any atom is -0.478 e. The van der Waals surface area contributed by atoms with Gasteiger partial charge >= 0.3 is 5.97 Å². The van der Waals surface area contributed by atoms with Crippen molar-refractivity contribution in [2.75, 3.05) is 0 Å². The topological polar surface area (TPSA) is 37.3 Å². The Kier molecular flexibility index (Phi) is 3.17. The Hall–Kier alpha value is -0.730. The molecule has 0 amide bonds. The molecule has 0 spiro atoms. The van der Waals surface area contributed by atoms with E-state index in [1.165, 1.54) is 0 Å². The molecular formula is C9H8Cl2O2. The zero-order valence-corrected chi connectivity index (χ0v) is 8.49. The normalized spacial score (nSPS) is 10.1. The fourth-order valence-electron chi connectivity index (χ4n) is 1.12. The van der Waals surface area contributed by atoms with E-state index in [1.54, 1.807) is 12.1 Å². The molecule has 0 bridgehead atoms. The summed E-state index contributed by atoms with van der Waals surface area (Å²) in [5, 5.41) is 9.25. The third-order valence-corrected chi connectivity index (χ3v) is 2.58. The number of carbonyl (C=O) groups is 1. The maximum atomic E-state index is 10.8. The van der Waals surface area contributed by atoms with Crippen molar-refractivity contribution >= 4 is 29.2 Å². The van der Waals surface area contributed by atoms with E-state index in [-0.39, 0.29) is 15.6 Å². The average molecular weight is 219 g/mol. The van der Waals surface area contributed by atoms with Crippen LogP contribution in [0.5, 0.6) is 0 Å². The minimum atomic E-state index is -1.04. The number of aromatic carboxylic acids is 1. The van der Waals surface area contributed by atoms with Gasteiger partial charge in [-0.25, -0.2) is 4.79 Å². The molecule has 0 radical (unpaired) electrons. The molecule has 1 rings (SSSR count). The van der Waals surface area contributed by atoms with Gasteiger partial charge in [0.15, 0.2) is 0 Å². The van der Waals surface area contributed by atoms with Gasteiger partial charge in [-0.3, -0.25) is 0 Å². The SMILES string of the molecule is CCc1ccc(Cl)c(Cl)c1C(=O)O. The van der Waals surface area contributed by atoms with Crippen LogP contribution in [0.25, 0.3) is 0 Å². The van der Waals surface area contributed by atoms with Gasteiger partial charge in [-0.15, -0.1) is 0 Å². The van der Waals surface area contributed by atoms with Crippen molar-refractivity contribution in [3.63, 3.8) is 0 Å². The number of carboxylic acids is 1. The number of halogens is 2. The number of aryl methyl sites for hydroxylation is 1. The first-order valence-corrected chi connectivity index (χ1v) is 4.53. The van der Waals surface area contributed by atoms with E-state index >= 15 is 0 Å².